The highest BCUT2D eigenvalue weighted by atomic mass is 35.5. The smallest absolute Gasteiger partial charge is 0.252 e. The van der Waals surface area contributed by atoms with Crippen molar-refractivity contribution in [1.29, 1.82) is 0 Å². The van der Waals surface area contributed by atoms with Gasteiger partial charge < -0.3 is 0 Å². The lowest BCUT2D eigenvalue weighted by atomic mass is 10.2. The molecule has 2 N–H and O–H groups in total. The molecule has 0 fully saturated rings. The fourth-order valence-electron chi connectivity index (χ4n) is 0.829. The summed E-state index contributed by atoms with van der Waals surface area (Å²) < 4.78 is 0. The summed E-state index contributed by atoms with van der Waals surface area (Å²) in [6.45, 7) is 0. The van der Waals surface area contributed by atoms with Gasteiger partial charge in [-0.1, -0.05) is 0 Å². The molecule has 0 amide bonds. The molecule has 0 aliphatic rings. The first-order valence-electron chi connectivity index (χ1n) is 3.40. The fourth-order valence-corrected chi connectivity index (χ4v) is 0.955. The number of carbonyl (C=O) groups excluding carboxylic acids is 1. The summed E-state index contributed by atoms with van der Waals surface area (Å²) in [7, 11) is 1.57. The van der Waals surface area contributed by atoms with Gasteiger partial charge in [0, 0.05) is 17.7 Å². The van der Waals surface area contributed by atoms with E-state index in [0.29, 0.717) is 5.56 Å². The topological polar surface area (TPSA) is 42.9 Å². The minimum atomic E-state index is -0.445. The van der Waals surface area contributed by atoms with E-state index >= 15 is 0 Å². The van der Waals surface area contributed by atoms with Crippen molar-refractivity contribution < 1.29 is 15.1 Å². The second-order valence-electron chi connectivity index (χ2n) is 2.25. The molecule has 0 atom stereocenters. The number of quaternary nitrogens is 1. The lowest BCUT2D eigenvalue weighted by Gasteiger charge is -1.96. The number of hydrogen-bond acceptors (Lipinski definition) is 2. The zero-order chi connectivity index (χ0) is 8.97. The summed E-state index contributed by atoms with van der Waals surface area (Å²) >= 11 is 5.25. The van der Waals surface area contributed by atoms with E-state index in [-0.39, 0.29) is 0 Å². The summed E-state index contributed by atoms with van der Waals surface area (Å²) in [6, 6.07) is 6.83. The Bertz CT molecular complexity index is 271. The normalized spacial score (nSPS) is 9.83. The molecule has 64 valence electrons. The molecule has 0 unspecified atom stereocenters. The molecule has 1 aromatic carbocycles. The summed E-state index contributed by atoms with van der Waals surface area (Å²) in [5.41, 5.74) is 2.98. The van der Waals surface area contributed by atoms with E-state index in [1.807, 2.05) is 0 Å². The molecule has 1 aromatic rings. The third-order valence-corrected chi connectivity index (χ3v) is 1.61. The van der Waals surface area contributed by atoms with Crippen LogP contribution in [0.25, 0.3) is 0 Å². The van der Waals surface area contributed by atoms with Crippen LogP contribution >= 0.6 is 11.6 Å². The van der Waals surface area contributed by atoms with Gasteiger partial charge in [0.1, 0.15) is 0 Å². The summed E-state index contributed by atoms with van der Waals surface area (Å²) in [5.74, 6) is 0. The minimum Gasteiger partial charge on any atom is -0.276 e. The average molecular weight is 187 g/mol. The van der Waals surface area contributed by atoms with E-state index in [9.17, 15) is 4.79 Å². The van der Waals surface area contributed by atoms with Gasteiger partial charge in [0.25, 0.3) is 5.24 Å². The van der Waals surface area contributed by atoms with Crippen LogP contribution in [0.15, 0.2) is 24.3 Å². The van der Waals surface area contributed by atoms with Crippen LogP contribution in [-0.4, -0.2) is 12.4 Å². The van der Waals surface area contributed by atoms with Crippen molar-refractivity contribution >= 4 is 22.5 Å². The first-order chi connectivity index (χ1) is 5.74. The number of carbonyl (C=O) groups is 1. The van der Waals surface area contributed by atoms with Crippen LogP contribution in [0.2, 0.25) is 0 Å². The first-order valence-corrected chi connectivity index (χ1v) is 3.78. The average Bonchev–Trinajstić information content (AvgIpc) is 2.06. The quantitative estimate of drug-likeness (QED) is 0.432. The van der Waals surface area contributed by atoms with Gasteiger partial charge >= 0.3 is 0 Å². The molecule has 0 aliphatic heterocycles. The number of nitrogens with two attached hydrogens (primary N) is 1. The molecule has 0 aliphatic carbocycles. The maximum Gasteiger partial charge on any atom is 0.252 e. The van der Waals surface area contributed by atoms with E-state index in [0.717, 1.165) is 5.69 Å². The molecule has 12 heavy (non-hydrogen) atoms. The number of hydrogen-bond donors (Lipinski definition) is 1. The molecule has 1 rings (SSSR count). The van der Waals surface area contributed by atoms with Crippen molar-refractivity contribution in [2.45, 2.75) is 0 Å². The van der Waals surface area contributed by atoms with Crippen LogP contribution in [0, 0.1) is 0 Å². The third kappa shape index (κ3) is 2.30. The molecule has 3 nitrogen and oxygen atoms in total. The molecular weight excluding hydrogens is 178 g/mol. The van der Waals surface area contributed by atoms with Crippen LogP contribution in [0.4, 0.5) is 5.69 Å². The highest BCUT2D eigenvalue weighted by Gasteiger charge is 2.01. The van der Waals surface area contributed by atoms with Crippen molar-refractivity contribution in [1.82, 2.24) is 0 Å². The van der Waals surface area contributed by atoms with Gasteiger partial charge in [0.05, 0.1) is 7.11 Å². The van der Waals surface area contributed by atoms with Crippen LogP contribution in [0.5, 0.6) is 0 Å². The fraction of sp³-hybridized carbons (Fsp3) is 0.125. The number of halogens is 1. The predicted molar refractivity (Wildman–Crippen MR) is 45.2 cm³/mol. The molecule has 0 spiro atoms. The predicted octanol–water partition coefficient (Wildman–Crippen LogP) is 0.822. The van der Waals surface area contributed by atoms with Crippen molar-refractivity contribution in [3.05, 3.63) is 29.8 Å². The molecule has 0 aromatic heterocycles. The largest absolute Gasteiger partial charge is 0.276 e. The van der Waals surface area contributed by atoms with E-state index in [4.69, 9.17) is 16.4 Å². The van der Waals surface area contributed by atoms with Crippen molar-refractivity contribution in [2.75, 3.05) is 7.11 Å². The maximum atomic E-state index is 10.6. The third-order valence-electron chi connectivity index (χ3n) is 1.39. The van der Waals surface area contributed by atoms with Gasteiger partial charge in [-0.15, -0.1) is 0 Å². The van der Waals surface area contributed by atoms with Gasteiger partial charge in [-0.3, -0.25) is 4.79 Å². The van der Waals surface area contributed by atoms with Gasteiger partial charge in [-0.05, 0) is 23.7 Å². The van der Waals surface area contributed by atoms with Crippen molar-refractivity contribution in [2.24, 2.45) is 0 Å². The Hall–Kier alpha value is -0.900. The monoisotopic (exact) mass is 186 g/mol. The second-order valence-corrected chi connectivity index (χ2v) is 2.59. The summed E-state index contributed by atoms with van der Waals surface area (Å²) in [6.07, 6.45) is 0. The van der Waals surface area contributed by atoms with E-state index < -0.39 is 5.24 Å². The van der Waals surface area contributed by atoms with Gasteiger partial charge in [0.2, 0.25) is 0 Å². The van der Waals surface area contributed by atoms with Gasteiger partial charge in [0.15, 0.2) is 5.69 Å². The molecule has 0 saturated heterocycles. The maximum absolute atomic E-state index is 10.6. The molecule has 0 heterocycles. The molecule has 0 bridgehead atoms. The van der Waals surface area contributed by atoms with Crippen LogP contribution in [0.1, 0.15) is 10.4 Å². The lowest BCUT2D eigenvalue weighted by Crippen LogP contribution is -2.75. The summed E-state index contributed by atoms with van der Waals surface area (Å²) in [5, 5.41) is -0.445. The molecule has 0 radical (unpaired) electrons. The first kappa shape index (κ1) is 9.19. The van der Waals surface area contributed by atoms with Crippen LogP contribution in [-0.2, 0) is 4.84 Å². The second kappa shape index (κ2) is 4.21. The van der Waals surface area contributed by atoms with E-state index in [1.165, 1.54) is 0 Å². The van der Waals surface area contributed by atoms with E-state index in [1.54, 1.807) is 36.9 Å². The number of benzene rings is 1. The van der Waals surface area contributed by atoms with E-state index in [2.05, 4.69) is 0 Å². The highest BCUT2D eigenvalue weighted by molar-refractivity contribution is 6.67. The Balaban J connectivity index is 2.78. The van der Waals surface area contributed by atoms with Crippen LogP contribution in [0.3, 0.4) is 0 Å². The van der Waals surface area contributed by atoms with Crippen LogP contribution < -0.4 is 5.48 Å². The van der Waals surface area contributed by atoms with Gasteiger partial charge in [-0.25, -0.2) is 4.84 Å². The highest BCUT2D eigenvalue weighted by Crippen LogP contribution is 2.06. The SMILES string of the molecule is CO[NH2+]c1ccc(C(=O)Cl)cc1. The zero-order valence-corrected chi connectivity index (χ0v) is 7.34. The van der Waals surface area contributed by atoms with Gasteiger partial charge in [-0.2, -0.15) is 5.48 Å². The number of rotatable bonds is 3. The lowest BCUT2D eigenvalue weighted by molar-refractivity contribution is -0.830. The zero-order valence-electron chi connectivity index (χ0n) is 6.58. The minimum absolute atomic E-state index is 0.445. The molecular formula is C8H9ClNO2+. The van der Waals surface area contributed by atoms with Crippen molar-refractivity contribution in [3.63, 3.8) is 0 Å². The molecule has 4 heteroatoms. The Labute approximate surface area is 75.2 Å². The molecule has 0 saturated carbocycles. The standard InChI is InChI=1S/C8H8ClNO2/c1-12-10-7-4-2-6(3-5-7)8(9)11/h2-5,10H,1H3/p+1. The van der Waals surface area contributed by atoms with Crippen molar-refractivity contribution in [3.8, 4) is 0 Å². The Morgan fingerprint density at radius 1 is 1.42 bits per heavy atom. The summed E-state index contributed by atoms with van der Waals surface area (Å²) in [4.78, 5) is 15.4. The Morgan fingerprint density at radius 2 is 2.00 bits per heavy atom. The Kier molecular flexibility index (Phi) is 3.22. The Morgan fingerprint density at radius 3 is 2.42 bits per heavy atom.